The van der Waals surface area contributed by atoms with Crippen molar-refractivity contribution in [1.82, 2.24) is 15.3 Å². The molecule has 0 saturated heterocycles. The summed E-state index contributed by atoms with van der Waals surface area (Å²) in [5.74, 6) is -0.450. The summed E-state index contributed by atoms with van der Waals surface area (Å²) in [4.78, 5) is 20.6. The second-order valence-corrected chi connectivity index (χ2v) is 8.67. The van der Waals surface area contributed by atoms with Crippen molar-refractivity contribution in [2.75, 3.05) is 0 Å². The molecule has 4 aromatic rings. The average Bonchev–Trinajstić information content (AvgIpc) is 3.34. The lowest BCUT2D eigenvalue weighted by molar-refractivity contribution is -0.122. The van der Waals surface area contributed by atoms with E-state index in [1.165, 1.54) is 23.5 Å². The summed E-state index contributed by atoms with van der Waals surface area (Å²) in [6, 6.07) is 13.7. The van der Waals surface area contributed by atoms with Gasteiger partial charge < -0.3 is 15.4 Å². The van der Waals surface area contributed by atoms with Crippen molar-refractivity contribution < 1.29 is 14.3 Å². The van der Waals surface area contributed by atoms with Crippen molar-refractivity contribution in [2.24, 2.45) is 0 Å². The topological polar surface area (TPSA) is 78.0 Å². The maximum absolute atomic E-state index is 13.4. The first-order valence-electron chi connectivity index (χ1n) is 10.2. The molecular weight excluding hydrogens is 413 g/mol. The zero-order valence-electron chi connectivity index (χ0n) is 17.4. The van der Waals surface area contributed by atoms with Gasteiger partial charge >= 0.3 is 0 Å². The molecule has 2 aromatic heterocycles. The Morgan fingerprint density at radius 1 is 1.23 bits per heavy atom. The summed E-state index contributed by atoms with van der Waals surface area (Å²) in [6.45, 7) is 3.54. The van der Waals surface area contributed by atoms with E-state index < -0.39 is 12.1 Å². The minimum Gasteiger partial charge on any atom is -0.391 e. The standard InChI is InChI=1S/C24H24FN3O2S/c1-14(29)23(21-13-31-15(2)26-21)28-22(30)12-11-19-18-5-3-4-6-20(18)27-24(19)16-7-9-17(25)10-8-16/h3-10,13-14,23,27,29H,11-12H2,1-2H3,(H,28,30). The molecule has 2 heterocycles. The number of nitrogens with zero attached hydrogens (tertiary/aromatic N) is 1. The highest BCUT2D eigenvalue weighted by Crippen LogP contribution is 2.31. The number of aliphatic hydroxyl groups is 1. The highest BCUT2D eigenvalue weighted by atomic mass is 32.1. The molecule has 7 heteroatoms. The molecule has 2 atom stereocenters. The summed E-state index contributed by atoms with van der Waals surface area (Å²) in [5, 5.41) is 16.9. The van der Waals surface area contributed by atoms with Crippen LogP contribution in [0.4, 0.5) is 4.39 Å². The third-order valence-corrected chi connectivity index (χ3v) is 6.09. The van der Waals surface area contributed by atoms with Gasteiger partial charge in [-0.15, -0.1) is 11.3 Å². The first kappa shape index (κ1) is 21.2. The van der Waals surface area contributed by atoms with Crippen molar-refractivity contribution >= 4 is 28.1 Å². The van der Waals surface area contributed by atoms with Gasteiger partial charge in [0.2, 0.25) is 5.91 Å². The number of aryl methyl sites for hydroxylation is 2. The number of benzene rings is 2. The number of carbonyl (C=O) groups excluding carboxylic acids is 1. The van der Waals surface area contributed by atoms with Crippen molar-refractivity contribution in [3.05, 3.63) is 76.0 Å². The van der Waals surface area contributed by atoms with Crippen molar-refractivity contribution in [3.63, 3.8) is 0 Å². The summed E-state index contributed by atoms with van der Waals surface area (Å²) >= 11 is 1.49. The number of amides is 1. The van der Waals surface area contributed by atoms with E-state index in [2.05, 4.69) is 15.3 Å². The largest absolute Gasteiger partial charge is 0.391 e. The van der Waals surface area contributed by atoms with Crippen LogP contribution < -0.4 is 5.32 Å². The van der Waals surface area contributed by atoms with Crippen LogP contribution in [0.1, 0.15) is 35.7 Å². The Morgan fingerprint density at radius 2 is 1.97 bits per heavy atom. The highest BCUT2D eigenvalue weighted by Gasteiger charge is 2.23. The number of aliphatic hydroxyl groups excluding tert-OH is 1. The Hall–Kier alpha value is -3.03. The van der Waals surface area contributed by atoms with Crippen LogP contribution in [0.3, 0.4) is 0 Å². The molecule has 0 spiro atoms. The van der Waals surface area contributed by atoms with E-state index >= 15 is 0 Å². The number of aromatic nitrogens is 2. The second-order valence-electron chi connectivity index (χ2n) is 7.61. The Labute approximate surface area is 184 Å². The molecule has 5 nitrogen and oxygen atoms in total. The van der Waals surface area contributed by atoms with Crippen LogP contribution in [0.15, 0.2) is 53.9 Å². The monoisotopic (exact) mass is 437 g/mol. The smallest absolute Gasteiger partial charge is 0.220 e. The molecule has 2 aromatic carbocycles. The lowest BCUT2D eigenvalue weighted by Crippen LogP contribution is -2.35. The molecule has 31 heavy (non-hydrogen) atoms. The number of nitrogens with one attached hydrogen (secondary N) is 2. The van der Waals surface area contributed by atoms with Gasteiger partial charge in [-0.05, 0) is 61.7 Å². The number of carbonyl (C=O) groups is 1. The molecule has 160 valence electrons. The maximum Gasteiger partial charge on any atom is 0.220 e. The van der Waals surface area contributed by atoms with Gasteiger partial charge in [-0.25, -0.2) is 9.37 Å². The lowest BCUT2D eigenvalue weighted by Gasteiger charge is -2.19. The predicted molar refractivity (Wildman–Crippen MR) is 121 cm³/mol. The maximum atomic E-state index is 13.4. The fraction of sp³-hybridized carbons (Fsp3) is 0.250. The summed E-state index contributed by atoms with van der Waals surface area (Å²) in [5.41, 5.74) is 4.40. The predicted octanol–water partition coefficient (Wildman–Crippen LogP) is 4.91. The van der Waals surface area contributed by atoms with Gasteiger partial charge in [-0.1, -0.05) is 18.2 Å². The van der Waals surface area contributed by atoms with Crippen molar-refractivity contribution in [3.8, 4) is 11.3 Å². The first-order chi connectivity index (χ1) is 14.9. The van der Waals surface area contributed by atoms with Gasteiger partial charge in [-0.2, -0.15) is 0 Å². The van der Waals surface area contributed by atoms with Crippen LogP contribution in [0.5, 0.6) is 0 Å². The zero-order chi connectivity index (χ0) is 22.0. The molecule has 2 unspecified atom stereocenters. The van der Waals surface area contributed by atoms with Crippen LogP contribution in [-0.4, -0.2) is 27.1 Å². The Bertz CT molecular complexity index is 1200. The number of hydrogen-bond acceptors (Lipinski definition) is 4. The third kappa shape index (κ3) is 4.68. The van der Waals surface area contributed by atoms with Gasteiger partial charge in [0.25, 0.3) is 0 Å². The van der Waals surface area contributed by atoms with E-state index in [4.69, 9.17) is 0 Å². The second kappa shape index (κ2) is 8.99. The number of halogens is 1. The first-order valence-corrected chi connectivity index (χ1v) is 11.1. The van der Waals surface area contributed by atoms with Crippen LogP contribution in [0, 0.1) is 12.7 Å². The molecule has 0 fully saturated rings. The third-order valence-electron chi connectivity index (χ3n) is 5.30. The quantitative estimate of drug-likeness (QED) is 0.384. The number of hydrogen-bond donors (Lipinski definition) is 3. The van der Waals surface area contributed by atoms with E-state index in [1.54, 1.807) is 19.1 Å². The fourth-order valence-electron chi connectivity index (χ4n) is 3.77. The van der Waals surface area contributed by atoms with E-state index in [0.717, 1.165) is 32.7 Å². The van der Waals surface area contributed by atoms with Gasteiger partial charge in [-0.3, -0.25) is 4.79 Å². The molecular formula is C24H24FN3O2S. The van der Waals surface area contributed by atoms with Gasteiger partial charge in [0.05, 0.1) is 22.8 Å². The summed E-state index contributed by atoms with van der Waals surface area (Å²) in [7, 11) is 0. The molecule has 0 bridgehead atoms. The Kier molecular flexibility index (Phi) is 6.15. The Morgan fingerprint density at radius 3 is 2.65 bits per heavy atom. The van der Waals surface area contributed by atoms with E-state index in [-0.39, 0.29) is 18.1 Å². The number of fused-ring (bicyclic) bond motifs is 1. The SMILES string of the molecule is Cc1nc(C(NC(=O)CCc2c(-c3ccc(F)cc3)[nH]c3ccccc23)C(C)O)cs1. The summed E-state index contributed by atoms with van der Waals surface area (Å²) < 4.78 is 13.4. The molecule has 0 aliphatic rings. The van der Waals surface area contributed by atoms with Gasteiger partial charge in [0.15, 0.2) is 0 Å². The van der Waals surface area contributed by atoms with Crippen molar-refractivity contribution in [1.29, 1.82) is 0 Å². The molecule has 0 saturated carbocycles. The minimum absolute atomic E-state index is 0.160. The van der Waals surface area contributed by atoms with Gasteiger partial charge in [0.1, 0.15) is 5.82 Å². The number of aromatic amines is 1. The van der Waals surface area contributed by atoms with Crippen LogP contribution in [-0.2, 0) is 11.2 Å². The molecule has 1 amide bonds. The molecule has 3 N–H and O–H groups in total. The lowest BCUT2D eigenvalue weighted by atomic mass is 10.0. The van der Waals surface area contributed by atoms with E-state index in [0.29, 0.717) is 12.1 Å². The number of para-hydroxylation sites is 1. The normalized spacial score (nSPS) is 13.3. The molecule has 4 rings (SSSR count). The van der Waals surface area contributed by atoms with E-state index in [9.17, 15) is 14.3 Å². The van der Waals surface area contributed by atoms with Gasteiger partial charge in [0, 0.05) is 28.4 Å². The number of thiazole rings is 1. The minimum atomic E-state index is -0.756. The van der Waals surface area contributed by atoms with Crippen LogP contribution >= 0.6 is 11.3 Å². The van der Waals surface area contributed by atoms with E-state index in [1.807, 2.05) is 36.6 Å². The zero-order valence-corrected chi connectivity index (χ0v) is 18.2. The number of H-pyrrole nitrogens is 1. The molecule has 0 aliphatic carbocycles. The van der Waals surface area contributed by atoms with Crippen molar-refractivity contribution in [2.45, 2.75) is 38.8 Å². The highest BCUT2D eigenvalue weighted by molar-refractivity contribution is 7.09. The summed E-state index contributed by atoms with van der Waals surface area (Å²) in [6.07, 6.45) is 0.00131. The Balaban J connectivity index is 1.56. The molecule has 0 aliphatic heterocycles. The fourth-order valence-corrected chi connectivity index (χ4v) is 4.42. The average molecular weight is 438 g/mol. The van der Waals surface area contributed by atoms with Crippen LogP contribution in [0.2, 0.25) is 0 Å². The number of rotatable bonds is 7. The molecule has 0 radical (unpaired) electrons. The van der Waals surface area contributed by atoms with Crippen LogP contribution in [0.25, 0.3) is 22.2 Å².